The summed E-state index contributed by atoms with van der Waals surface area (Å²) in [6.45, 7) is 1.97. The Balaban J connectivity index is 1.68. The number of carbonyl (C=O) groups excluding carboxylic acids is 1. The molecule has 3 aromatic heterocycles. The van der Waals surface area contributed by atoms with Gasteiger partial charge >= 0.3 is 6.03 Å². The zero-order chi connectivity index (χ0) is 18.8. The van der Waals surface area contributed by atoms with Gasteiger partial charge < -0.3 is 5.32 Å². The largest absolute Gasteiger partial charge is 0.324 e. The van der Waals surface area contributed by atoms with Gasteiger partial charge in [-0.25, -0.2) is 9.78 Å². The quantitative estimate of drug-likeness (QED) is 0.482. The number of pyridine rings is 2. The molecule has 27 heavy (non-hydrogen) atoms. The van der Waals surface area contributed by atoms with Crippen molar-refractivity contribution in [1.29, 1.82) is 0 Å². The van der Waals surface area contributed by atoms with Crippen LogP contribution in [0.25, 0.3) is 16.9 Å². The molecule has 1 aromatic carbocycles. The van der Waals surface area contributed by atoms with Gasteiger partial charge in [-0.15, -0.1) is 0 Å². The Bertz CT molecular complexity index is 1120. The van der Waals surface area contributed by atoms with E-state index in [2.05, 4.69) is 36.5 Å². The van der Waals surface area contributed by atoms with Crippen LogP contribution in [-0.2, 0) is 0 Å². The highest BCUT2D eigenvalue weighted by Gasteiger charge is 2.16. The molecule has 6 nitrogen and oxygen atoms in total. The number of anilines is 2. The standard InChI is InChI=1S/C20H16BrN5O/c1-13-12-15(5-6-16(13)21)23-20(27)25-19-18(14-7-9-22-10-8-14)24-17-4-2-3-11-26(17)19/h2-12H,1H3,(H2,23,25,27). The van der Waals surface area contributed by atoms with Gasteiger partial charge in [0, 0.05) is 34.3 Å². The van der Waals surface area contributed by atoms with Gasteiger partial charge in [-0.1, -0.05) is 22.0 Å². The minimum absolute atomic E-state index is 0.335. The SMILES string of the molecule is Cc1cc(NC(=O)Nc2c(-c3ccncc3)nc3ccccn23)ccc1Br. The number of hydrogen-bond acceptors (Lipinski definition) is 3. The van der Waals surface area contributed by atoms with Gasteiger partial charge in [0.05, 0.1) is 0 Å². The van der Waals surface area contributed by atoms with E-state index >= 15 is 0 Å². The highest BCUT2D eigenvalue weighted by molar-refractivity contribution is 9.10. The molecule has 134 valence electrons. The van der Waals surface area contributed by atoms with E-state index in [4.69, 9.17) is 0 Å². The Morgan fingerprint density at radius 2 is 1.89 bits per heavy atom. The third kappa shape index (κ3) is 3.54. The lowest BCUT2D eigenvalue weighted by molar-refractivity contribution is 0.262. The summed E-state index contributed by atoms with van der Waals surface area (Å²) >= 11 is 3.46. The number of nitrogens with one attached hydrogen (secondary N) is 2. The second-order valence-corrected chi connectivity index (χ2v) is 6.87. The molecule has 7 heteroatoms. The van der Waals surface area contributed by atoms with Crippen LogP contribution in [0.15, 0.2) is 71.6 Å². The maximum atomic E-state index is 12.6. The predicted octanol–water partition coefficient (Wildman–Crippen LogP) is 5.11. The summed E-state index contributed by atoms with van der Waals surface area (Å²) in [5.41, 5.74) is 4.07. The van der Waals surface area contributed by atoms with Crippen LogP contribution in [0.4, 0.5) is 16.3 Å². The number of hydrogen-bond donors (Lipinski definition) is 2. The van der Waals surface area contributed by atoms with Crippen LogP contribution in [0.3, 0.4) is 0 Å². The first kappa shape index (κ1) is 17.2. The van der Waals surface area contributed by atoms with E-state index in [1.807, 2.05) is 66.1 Å². The lowest BCUT2D eigenvalue weighted by Gasteiger charge is -2.10. The minimum Gasteiger partial charge on any atom is -0.308 e. The molecule has 0 spiro atoms. The van der Waals surface area contributed by atoms with Crippen molar-refractivity contribution in [3.63, 3.8) is 0 Å². The molecule has 0 radical (unpaired) electrons. The van der Waals surface area contributed by atoms with Crippen LogP contribution in [0.5, 0.6) is 0 Å². The maximum absolute atomic E-state index is 12.6. The summed E-state index contributed by atoms with van der Waals surface area (Å²) in [6.07, 6.45) is 5.27. The van der Waals surface area contributed by atoms with Gasteiger partial charge in [0.25, 0.3) is 0 Å². The number of carbonyl (C=O) groups is 1. The fourth-order valence-corrected chi connectivity index (χ4v) is 3.07. The lowest BCUT2D eigenvalue weighted by atomic mass is 10.2. The number of amides is 2. The fourth-order valence-electron chi connectivity index (χ4n) is 2.82. The Morgan fingerprint density at radius 1 is 1.07 bits per heavy atom. The summed E-state index contributed by atoms with van der Waals surface area (Å²) in [6, 6.07) is 14.7. The van der Waals surface area contributed by atoms with E-state index in [1.165, 1.54) is 0 Å². The first-order valence-electron chi connectivity index (χ1n) is 8.33. The first-order valence-corrected chi connectivity index (χ1v) is 9.13. The molecule has 0 fully saturated rings. The molecule has 0 aliphatic carbocycles. The topological polar surface area (TPSA) is 71.3 Å². The number of imidazole rings is 1. The third-order valence-electron chi connectivity index (χ3n) is 4.13. The summed E-state index contributed by atoms with van der Waals surface area (Å²) < 4.78 is 2.84. The van der Waals surface area contributed by atoms with E-state index in [0.717, 1.165) is 21.2 Å². The first-order chi connectivity index (χ1) is 13.1. The molecule has 4 rings (SSSR count). The van der Waals surface area contributed by atoms with Crippen molar-refractivity contribution >= 4 is 39.1 Å². The summed E-state index contributed by atoms with van der Waals surface area (Å²) in [5, 5.41) is 5.80. The molecular formula is C20H16BrN5O. The van der Waals surface area contributed by atoms with Crippen molar-refractivity contribution < 1.29 is 4.79 Å². The molecule has 0 unspecified atom stereocenters. The molecule has 0 saturated carbocycles. The average Bonchev–Trinajstić information content (AvgIpc) is 3.04. The van der Waals surface area contributed by atoms with Gasteiger partial charge in [0.1, 0.15) is 17.2 Å². The van der Waals surface area contributed by atoms with E-state index in [1.54, 1.807) is 12.4 Å². The number of fused-ring (bicyclic) bond motifs is 1. The molecule has 2 amide bonds. The van der Waals surface area contributed by atoms with E-state index in [9.17, 15) is 4.79 Å². The third-order valence-corrected chi connectivity index (χ3v) is 5.02. The molecule has 0 aliphatic rings. The molecule has 0 saturated heterocycles. The van der Waals surface area contributed by atoms with Crippen LogP contribution in [0.2, 0.25) is 0 Å². The predicted molar refractivity (Wildman–Crippen MR) is 110 cm³/mol. The van der Waals surface area contributed by atoms with Gasteiger partial charge in [0.2, 0.25) is 0 Å². The van der Waals surface area contributed by atoms with Gasteiger partial charge in [-0.3, -0.25) is 14.7 Å². The molecule has 0 bridgehead atoms. The van der Waals surface area contributed by atoms with Crippen molar-refractivity contribution in [2.45, 2.75) is 6.92 Å². The summed E-state index contributed by atoms with van der Waals surface area (Å²) in [5.74, 6) is 0.600. The lowest BCUT2D eigenvalue weighted by Crippen LogP contribution is -2.20. The summed E-state index contributed by atoms with van der Waals surface area (Å²) in [7, 11) is 0. The van der Waals surface area contributed by atoms with Crippen LogP contribution in [0, 0.1) is 6.92 Å². The van der Waals surface area contributed by atoms with Crippen molar-refractivity contribution in [3.8, 4) is 11.3 Å². The summed E-state index contributed by atoms with van der Waals surface area (Å²) in [4.78, 5) is 21.3. The van der Waals surface area contributed by atoms with Crippen molar-refractivity contribution in [3.05, 3.63) is 77.2 Å². The number of rotatable bonds is 3. The number of urea groups is 1. The van der Waals surface area contributed by atoms with Crippen molar-refractivity contribution in [2.24, 2.45) is 0 Å². The van der Waals surface area contributed by atoms with Gasteiger partial charge in [-0.2, -0.15) is 0 Å². The number of halogens is 1. The van der Waals surface area contributed by atoms with E-state index in [0.29, 0.717) is 17.2 Å². The monoisotopic (exact) mass is 421 g/mol. The molecule has 4 aromatic rings. The van der Waals surface area contributed by atoms with Crippen LogP contribution in [-0.4, -0.2) is 20.4 Å². The van der Waals surface area contributed by atoms with Crippen LogP contribution in [0.1, 0.15) is 5.56 Å². The molecule has 0 atom stereocenters. The van der Waals surface area contributed by atoms with E-state index in [-0.39, 0.29) is 6.03 Å². The van der Waals surface area contributed by atoms with Gasteiger partial charge in [-0.05, 0) is 55.0 Å². The highest BCUT2D eigenvalue weighted by Crippen LogP contribution is 2.28. The highest BCUT2D eigenvalue weighted by atomic mass is 79.9. The van der Waals surface area contributed by atoms with E-state index < -0.39 is 0 Å². The second kappa shape index (κ2) is 7.20. The number of aryl methyl sites for hydroxylation is 1. The van der Waals surface area contributed by atoms with Crippen LogP contribution < -0.4 is 10.6 Å². The fraction of sp³-hybridized carbons (Fsp3) is 0.0500. The smallest absolute Gasteiger partial charge is 0.308 e. The van der Waals surface area contributed by atoms with Crippen LogP contribution >= 0.6 is 15.9 Å². The zero-order valence-corrected chi connectivity index (χ0v) is 16.1. The van der Waals surface area contributed by atoms with Gasteiger partial charge in [0.15, 0.2) is 0 Å². The Morgan fingerprint density at radius 3 is 2.67 bits per heavy atom. The molecule has 2 N–H and O–H groups in total. The molecular weight excluding hydrogens is 406 g/mol. The second-order valence-electron chi connectivity index (χ2n) is 6.02. The Labute approximate surface area is 164 Å². The zero-order valence-electron chi connectivity index (χ0n) is 14.5. The normalized spacial score (nSPS) is 10.7. The number of aromatic nitrogens is 3. The molecule has 3 heterocycles. The van der Waals surface area contributed by atoms with Crippen molar-refractivity contribution in [2.75, 3.05) is 10.6 Å². The Kier molecular flexibility index (Phi) is 4.60. The molecule has 0 aliphatic heterocycles. The minimum atomic E-state index is -0.335. The maximum Gasteiger partial charge on any atom is 0.324 e. The average molecular weight is 422 g/mol. The number of benzene rings is 1. The number of nitrogens with zero attached hydrogens (tertiary/aromatic N) is 3. The Hall–Kier alpha value is -3.19. The van der Waals surface area contributed by atoms with Crippen molar-refractivity contribution in [1.82, 2.24) is 14.4 Å².